The van der Waals surface area contributed by atoms with Crippen molar-refractivity contribution in [1.82, 2.24) is 15.2 Å². The molecule has 0 radical (unpaired) electrons. The molecule has 0 spiro atoms. The summed E-state index contributed by atoms with van der Waals surface area (Å²) in [6, 6.07) is 8.37. The van der Waals surface area contributed by atoms with Crippen LogP contribution in [0.3, 0.4) is 0 Å². The van der Waals surface area contributed by atoms with Gasteiger partial charge in [0, 0.05) is 30.5 Å². The van der Waals surface area contributed by atoms with Gasteiger partial charge in [0.25, 0.3) is 5.91 Å². The number of carbonyl (C=O) groups is 1. The van der Waals surface area contributed by atoms with Crippen molar-refractivity contribution in [2.75, 3.05) is 20.1 Å². The van der Waals surface area contributed by atoms with Crippen LogP contribution in [0, 0.1) is 11.7 Å². The van der Waals surface area contributed by atoms with Crippen LogP contribution in [-0.2, 0) is 0 Å². The van der Waals surface area contributed by atoms with Crippen LogP contribution >= 0.6 is 11.6 Å². The van der Waals surface area contributed by atoms with Crippen molar-refractivity contribution < 1.29 is 9.18 Å². The van der Waals surface area contributed by atoms with E-state index in [0.717, 1.165) is 18.5 Å². The first-order valence-electron chi connectivity index (χ1n) is 7.89. The van der Waals surface area contributed by atoms with Gasteiger partial charge in [0.15, 0.2) is 0 Å². The molecule has 1 aliphatic heterocycles. The molecular formula is C18H19ClFN3O. The minimum Gasteiger partial charge on any atom is -0.352 e. The minimum atomic E-state index is -0.408. The normalized spacial score (nSPS) is 21.0. The maximum Gasteiger partial charge on any atom is 0.251 e. The highest BCUT2D eigenvalue weighted by Crippen LogP contribution is 2.36. The Labute approximate surface area is 145 Å². The van der Waals surface area contributed by atoms with E-state index in [2.05, 4.69) is 15.2 Å². The molecule has 0 aliphatic carbocycles. The van der Waals surface area contributed by atoms with Gasteiger partial charge >= 0.3 is 0 Å². The molecule has 1 saturated heterocycles. The van der Waals surface area contributed by atoms with Crippen molar-refractivity contribution >= 4 is 17.5 Å². The fourth-order valence-electron chi connectivity index (χ4n) is 3.29. The molecule has 1 fully saturated rings. The lowest BCUT2D eigenvalue weighted by Gasteiger charge is -2.26. The van der Waals surface area contributed by atoms with E-state index in [1.165, 1.54) is 6.07 Å². The van der Waals surface area contributed by atoms with Crippen LogP contribution in [0.5, 0.6) is 0 Å². The van der Waals surface area contributed by atoms with Crippen LogP contribution < -0.4 is 5.32 Å². The molecule has 1 aromatic carbocycles. The summed E-state index contributed by atoms with van der Waals surface area (Å²) < 4.78 is 13.8. The highest BCUT2D eigenvalue weighted by molar-refractivity contribution is 6.30. The molecule has 0 bridgehead atoms. The van der Waals surface area contributed by atoms with Crippen molar-refractivity contribution in [3.8, 4) is 0 Å². The van der Waals surface area contributed by atoms with Crippen LogP contribution in [0.2, 0.25) is 5.02 Å². The zero-order chi connectivity index (χ0) is 17.1. The standard InChI is InChI=1S/C18H19ClFN3O/c1-23-9-6-14(11-22-18(24)12-4-7-21-8-5-12)17(23)13-2-3-15(19)16(20)10-13/h2-5,7-8,10,14,17H,6,9,11H2,1H3,(H,22,24)/t14-,17-/m1/s1. The molecular weight excluding hydrogens is 329 g/mol. The Kier molecular flexibility index (Phi) is 5.11. The van der Waals surface area contributed by atoms with E-state index < -0.39 is 5.82 Å². The average Bonchev–Trinajstić information content (AvgIpc) is 2.96. The Balaban J connectivity index is 1.70. The van der Waals surface area contributed by atoms with Gasteiger partial charge in [-0.3, -0.25) is 14.7 Å². The average molecular weight is 348 g/mol. The van der Waals surface area contributed by atoms with Gasteiger partial charge in [0.2, 0.25) is 0 Å². The fourth-order valence-corrected chi connectivity index (χ4v) is 3.41. The monoisotopic (exact) mass is 347 g/mol. The maximum absolute atomic E-state index is 13.8. The Bertz CT molecular complexity index is 725. The third kappa shape index (κ3) is 3.57. The molecule has 4 nitrogen and oxygen atoms in total. The molecule has 24 heavy (non-hydrogen) atoms. The number of halogens is 2. The second kappa shape index (κ2) is 7.28. The van der Waals surface area contributed by atoms with Crippen molar-refractivity contribution in [2.24, 2.45) is 5.92 Å². The Morgan fingerprint density at radius 1 is 1.38 bits per heavy atom. The van der Waals surface area contributed by atoms with Gasteiger partial charge in [0.05, 0.1) is 5.02 Å². The summed E-state index contributed by atoms with van der Waals surface area (Å²) in [6.07, 6.45) is 4.14. The quantitative estimate of drug-likeness (QED) is 0.923. The lowest BCUT2D eigenvalue weighted by molar-refractivity contribution is 0.0943. The second-order valence-electron chi connectivity index (χ2n) is 6.09. The van der Waals surface area contributed by atoms with E-state index in [-0.39, 0.29) is 22.9 Å². The number of nitrogens with zero attached hydrogens (tertiary/aromatic N) is 2. The van der Waals surface area contributed by atoms with E-state index in [1.807, 2.05) is 13.1 Å². The summed E-state index contributed by atoms with van der Waals surface area (Å²) >= 11 is 5.78. The molecule has 3 rings (SSSR count). The number of carbonyl (C=O) groups excluding carboxylic acids is 1. The zero-order valence-corrected chi connectivity index (χ0v) is 14.1. The predicted octanol–water partition coefficient (Wildman–Crippen LogP) is 3.30. The summed E-state index contributed by atoms with van der Waals surface area (Å²) in [5.74, 6) is -0.302. The SMILES string of the molecule is CN1CC[C@H](CNC(=O)c2ccncc2)[C@H]1c1ccc(Cl)c(F)c1. The van der Waals surface area contributed by atoms with E-state index in [4.69, 9.17) is 11.6 Å². The van der Waals surface area contributed by atoms with E-state index in [0.29, 0.717) is 12.1 Å². The number of rotatable bonds is 4. The van der Waals surface area contributed by atoms with Gasteiger partial charge in [-0.2, -0.15) is 0 Å². The van der Waals surface area contributed by atoms with Crippen LogP contribution in [0.1, 0.15) is 28.4 Å². The second-order valence-corrected chi connectivity index (χ2v) is 6.50. The van der Waals surface area contributed by atoms with Crippen LogP contribution in [0.15, 0.2) is 42.7 Å². The highest BCUT2D eigenvalue weighted by atomic mass is 35.5. The first-order valence-corrected chi connectivity index (χ1v) is 8.27. The molecule has 126 valence electrons. The molecule has 2 aromatic rings. The number of pyridine rings is 1. The van der Waals surface area contributed by atoms with Crippen molar-refractivity contribution in [2.45, 2.75) is 12.5 Å². The molecule has 1 N–H and O–H groups in total. The maximum atomic E-state index is 13.8. The largest absolute Gasteiger partial charge is 0.352 e. The number of likely N-dealkylation sites (tertiary alicyclic amines) is 1. The van der Waals surface area contributed by atoms with Crippen molar-refractivity contribution in [3.05, 3.63) is 64.7 Å². The Hall–Kier alpha value is -1.98. The van der Waals surface area contributed by atoms with Crippen LogP contribution in [-0.4, -0.2) is 35.9 Å². The zero-order valence-electron chi connectivity index (χ0n) is 13.4. The third-order valence-corrected chi connectivity index (χ3v) is 4.83. The first kappa shape index (κ1) is 16.9. The third-order valence-electron chi connectivity index (χ3n) is 4.53. The van der Waals surface area contributed by atoms with E-state index in [9.17, 15) is 9.18 Å². The number of amides is 1. The number of benzene rings is 1. The highest BCUT2D eigenvalue weighted by Gasteiger charge is 2.33. The molecule has 6 heteroatoms. The summed E-state index contributed by atoms with van der Waals surface area (Å²) in [5.41, 5.74) is 1.48. The number of hydrogen-bond donors (Lipinski definition) is 1. The topological polar surface area (TPSA) is 45.2 Å². The molecule has 0 unspecified atom stereocenters. The minimum absolute atomic E-state index is 0.0644. The Morgan fingerprint density at radius 3 is 2.83 bits per heavy atom. The van der Waals surface area contributed by atoms with Gasteiger partial charge in [-0.15, -0.1) is 0 Å². The van der Waals surface area contributed by atoms with Crippen LogP contribution in [0.4, 0.5) is 4.39 Å². The molecule has 0 saturated carbocycles. The van der Waals surface area contributed by atoms with E-state index in [1.54, 1.807) is 30.6 Å². The number of hydrogen-bond acceptors (Lipinski definition) is 3. The lowest BCUT2D eigenvalue weighted by Crippen LogP contribution is -2.32. The summed E-state index contributed by atoms with van der Waals surface area (Å²) in [4.78, 5) is 18.3. The molecule has 1 amide bonds. The van der Waals surface area contributed by atoms with Crippen LogP contribution in [0.25, 0.3) is 0 Å². The smallest absolute Gasteiger partial charge is 0.251 e. The van der Waals surface area contributed by atoms with Crippen molar-refractivity contribution in [1.29, 1.82) is 0 Å². The fraction of sp³-hybridized carbons (Fsp3) is 0.333. The lowest BCUT2D eigenvalue weighted by atomic mass is 9.93. The molecule has 2 heterocycles. The number of aromatic nitrogens is 1. The molecule has 1 aliphatic rings. The van der Waals surface area contributed by atoms with Gasteiger partial charge in [-0.25, -0.2) is 4.39 Å². The van der Waals surface area contributed by atoms with Gasteiger partial charge in [-0.05, 0) is 55.8 Å². The molecule has 2 atom stereocenters. The van der Waals surface area contributed by atoms with Crippen molar-refractivity contribution in [3.63, 3.8) is 0 Å². The van der Waals surface area contributed by atoms with Gasteiger partial charge < -0.3 is 5.32 Å². The molecule has 1 aromatic heterocycles. The van der Waals surface area contributed by atoms with E-state index >= 15 is 0 Å². The first-order chi connectivity index (χ1) is 11.6. The summed E-state index contributed by atoms with van der Waals surface area (Å²) in [6.45, 7) is 1.45. The predicted molar refractivity (Wildman–Crippen MR) is 91.5 cm³/mol. The summed E-state index contributed by atoms with van der Waals surface area (Å²) in [7, 11) is 2.02. The summed E-state index contributed by atoms with van der Waals surface area (Å²) in [5, 5.41) is 3.10. The Morgan fingerprint density at radius 2 is 2.12 bits per heavy atom. The number of nitrogens with one attached hydrogen (secondary N) is 1. The van der Waals surface area contributed by atoms with Gasteiger partial charge in [0.1, 0.15) is 5.82 Å². The van der Waals surface area contributed by atoms with Gasteiger partial charge in [-0.1, -0.05) is 17.7 Å².